The van der Waals surface area contributed by atoms with Crippen LogP contribution in [0.5, 0.6) is 0 Å². The fourth-order valence-corrected chi connectivity index (χ4v) is 4.10. The van der Waals surface area contributed by atoms with Crippen molar-refractivity contribution in [2.75, 3.05) is 25.1 Å². The van der Waals surface area contributed by atoms with Gasteiger partial charge in [0.25, 0.3) is 0 Å². The maximum absolute atomic E-state index is 13.4. The Morgan fingerprint density at radius 1 is 1.21 bits per heavy atom. The van der Waals surface area contributed by atoms with Gasteiger partial charge in [0.2, 0.25) is 0 Å². The lowest BCUT2D eigenvalue weighted by atomic mass is 9.91. The first-order chi connectivity index (χ1) is 15.7. The smallest absolute Gasteiger partial charge is 0.322 e. The van der Waals surface area contributed by atoms with Crippen LogP contribution in [0.3, 0.4) is 0 Å². The second kappa shape index (κ2) is 9.51. The zero-order chi connectivity index (χ0) is 23.6. The lowest BCUT2D eigenvalue weighted by Crippen LogP contribution is -2.49. The van der Waals surface area contributed by atoms with Crippen molar-refractivity contribution in [2.45, 2.75) is 38.8 Å². The number of aliphatic hydroxyl groups excluding tert-OH is 1. The minimum Gasteiger partial charge on any atom is -0.369 e. The first kappa shape index (κ1) is 23.2. The second-order valence-electron chi connectivity index (χ2n) is 8.91. The van der Waals surface area contributed by atoms with Gasteiger partial charge in [0.15, 0.2) is 12.0 Å². The number of carbonyl (C=O) groups excluding carboxylic acids is 1. The zero-order valence-corrected chi connectivity index (χ0v) is 19.0. The molecule has 2 aromatic carbocycles. The fraction of sp³-hybridized carbons (Fsp3) is 0.400. The predicted molar refractivity (Wildman–Crippen MR) is 124 cm³/mol. The average molecular weight is 456 g/mol. The Hall–Kier alpha value is -2.94. The van der Waals surface area contributed by atoms with Crippen molar-refractivity contribution in [1.82, 2.24) is 10.2 Å². The van der Waals surface area contributed by atoms with E-state index >= 15 is 0 Å². The predicted octanol–water partition coefficient (Wildman–Crippen LogP) is 4.08. The first-order valence-corrected chi connectivity index (χ1v) is 11.1. The summed E-state index contributed by atoms with van der Waals surface area (Å²) in [7, 11) is 0. The van der Waals surface area contributed by atoms with Crippen molar-refractivity contribution in [1.29, 1.82) is 0 Å². The normalized spacial score (nSPS) is 20.8. The van der Waals surface area contributed by atoms with Crippen molar-refractivity contribution in [3.8, 4) is 0 Å². The molecule has 0 bridgehead atoms. The summed E-state index contributed by atoms with van der Waals surface area (Å²) in [5.41, 5.74) is 3.02. The quantitative estimate of drug-likeness (QED) is 0.633. The lowest BCUT2D eigenvalue weighted by molar-refractivity contribution is -0.262. The third kappa shape index (κ3) is 5.35. The highest BCUT2D eigenvalue weighted by Gasteiger charge is 2.34. The van der Waals surface area contributed by atoms with E-state index in [-0.39, 0.29) is 23.8 Å². The summed E-state index contributed by atoms with van der Waals surface area (Å²) in [6.45, 7) is 7.00. The third-order valence-electron chi connectivity index (χ3n) is 6.03. The molecule has 7 nitrogen and oxygen atoms in total. The van der Waals surface area contributed by atoms with Crippen LogP contribution in [0.15, 0.2) is 54.7 Å². The number of carbonyl (C=O) groups is 1. The monoisotopic (exact) mass is 455 g/mol. The summed E-state index contributed by atoms with van der Waals surface area (Å²) in [5, 5.41) is 16.2. The summed E-state index contributed by atoms with van der Waals surface area (Å²) in [4.78, 5) is 15.1. The minimum absolute atomic E-state index is 0.0163. The van der Waals surface area contributed by atoms with Gasteiger partial charge in [-0.3, -0.25) is 0 Å². The molecule has 4 rings (SSSR count). The van der Waals surface area contributed by atoms with Crippen LogP contribution in [0, 0.1) is 11.7 Å². The van der Waals surface area contributed by atoms with Crippen molar-refractivity contribution < 1.29 is 23.8 Å². The Morgan fingerprint density at radius 3 is 2.58 bits per heavy atom. The maximum atomic E-state index is 13.4. The maximum Gasteiger partial charge on any atom is 0.322 e. The van der Waals surface area contributed by atoms with Gasteiger partial charge in [0.1, 0.15) is 5.82 Å². The molecule has 2 aliphatic heterocycles. The Morgan fingerprint density at radius 2 is 1.88 bits per heavy atom. The summed E-state index contributed by atoms with van der Waals surface area (Å²) in [6, 6.07) is 12.6. The topological polar surface area (TPSA) is 83.1 Å². The van der Waals surface area contributed by atoms with E-state index in [2.05, 4.69) is 10.6 Å². The van der Waals surface area contributed by atoms with E-state index in [0.717, 1.165) is 16.7 Å². The van der Waals surface area contributed by atoms with Gasteiger partial charge in [-0.25, -0.2) is 9.18 Å². The molecule has 3 N–H and O–H groups in total. The van der Waals surface area contributed by atoms with Crippen molar-refractivity contribution >= 4 is 17.3 Å². The minimum atomic E-state index is -0.805. The Bertz CT molecular complexity index is 1010. The molecule has 2 amide bonds. The number of anilines is 1. The van der Waals surface area contributed by atoms with E-state index in [1.54, 1.807) is 11.1 Å². The molecule has 0 aliphatic carbocycles. The van der Waals surface area contributed by atoms with E-state index in [1.165, 1.54) is 24.3 Å². The molecule has 2 unspecified atom stereocenters. The molecule has 0 aromatic heterocycles. The number of urea groups is 1. The van der Waals surface area contributed by atoms with Gasteiger partial charge in [0.05, 0.1) is 19.3 Å². The van der Waals surface area contributed by atoms with E-state index < -0.39 is 12.0 Å². The molecule has 33 heavy (non-hydrogen) atoms. The number of rotatable bonds is 5. The molecule has 2 aliphatic rings. The van der Waals surface area contributed by atoms with Crippen molar-refractivity contribution in [2.24, 2.45) is 5.92 Å². The highest BCUT2D eigenvalue weighted by Crippen LogP contribution is 2.32. The summed E-state index contributed by atoms with van der Waals surface area (Å²) < 4.78 is 24.9. The molecule has 0 spiro atoms. The van der Waals surface area contributed by atoms with Crippen molar-refractivity contribution in [3.05, 3.63) is 71.7 Å². The van der Waals surface area contributed by atoms with Crippen LogP contribution < -0.4 is 10.6 Å². The molecule has 2 atom stereocenters. The number of aliphatic hydroxyl groups is 1. The molecule has 0 saturated carbocycles. The molecule has 2 heterocycles. The van der Waals surface area contributed by atoms with Gasteiger partial charge in [-0.2, -0.15) is 0 Å². The fourth-order valence-electron chi connectivity index (χ4n) is 4.10. The van der Waals surface area contributed by atoms with Crippen molar-refractivity contribution in [3.63, 3.8) is 0 Å². The molecule has 0 radical (unpaired) electrons. The molecule has 176 valence electrons. The first-order valence-electron chi connectivity index (χ1n) is 11.1. The van der Waals surface area contributed by atoms with Crippen LogP contribution in [0.25, 0.3) is 5.57 Å². The van der Waals surface area contributed by atoms with Gasteiger partial charge < -0.3 is 30.1 Å². The summed E-state index contributed by atoms with van der Waals surface area (Å²) in [6.07, 6.45) is 0.952. The van der Waals surface area contributed by atoms with Gasteiger partial charge in [0, 0.05) is 29.9 Å². The molecular formula is C25H30FN3O4. The van der Waals surface area contributed by atoms with Crippen LogP contribution in [0.1, 0.15) is 38.1 Å². The van der Waals surface area contributed by atoms with Crippen LogP contribution in [0.4, 0.5) is 14.9 Å². The number of fused-ring (bicyclic) bond motifs is 1. The van der Waals surface area contributed by atoms with Crippen LogP contribution in [0.2, 0.25) is 0 Å². The summed E-state index contributed by atoms with van der Waals surface area (Å²) in [5.74, 6) is -1.03. The standard InChI is InChI=1S/C25H30FN3O4/c1-16(22-12-27-23(30)21-7-5-4-6-20(21)22)29(13-17-14-32-25(2,3)33-15-17)24(31)28-19-10-8-18(26)9-11-19/h4-12,16-17,23,27,30H,13-15H2,1-3H3,(H,28,31). The number of nitrogens with one attached hydrogen (secondary N) is 2. The molecule has 8 heteroatoms. The number of halogens is 1. The van der Waals surface area contributed by atoms with E-state index in [0.29, 0.717) is 25.4 Å². The van der Waals surface area contributed by atoms with E-state index in [9.17, 15) is 14.3 Å². The number of nitrogens with zero attached hydrogens (tertiary/aromatic N) is 1. The van der Waals surface area contributed by atoms with Gasteiger partial charge in [-0.05, 0) is 56.2 Å². The Labute approximate surface area is 193 Å². The summed E-state index contributed by atoms with van der Waals surface area (Å²) >= 11 is 0. The van der Waals surface area contributed by atoms with E-state index in [1.807, 2.05) is 45.0 Å². The number of amides is 2. The third-order valence-corrected chi connectivity index (χ3v) is 6.03. The number of benzene rings is 2. The molecule has 1 saturated heterocycles. The highest BCUT2D eigenvalue weighted by molar-refractivity contribution is 5.91. The zero-order valence-electron chi connectivity index (χ0n) is 19.0. The van der Waals surface area contributed by atoms with Gasteiger partial charge >= 0.3 is 6.03 Å². The largest absolute Gasteiger partial charge is 0.369 e. The van der Waals surface area contributed by atoms with E-state index in [4.69, 9.17) is 9.47 Å². The molecular weight excluding hydrogens is 425 g/mol. The number of hydrogen-bond donors (Lipinski definition) is 3. The number of ether oxygens (including phenoxy) is 2. The Balaban J connectivity index is 1.59. The van der Waals surface area contributed by atoms with Crippen LogP contribution >= 0.6 is 0 Å². The second-order valence-corrected chi connectivity index (χ2v) is 8.91. The molecule has 2 aromatic rings. The Kier molecular flexibility index (Phi) is 6.69. The van der Waals surface area contributed by atoms with Crippen LogP contribution in [-0.2, 0) is 9.47 Å². The lowest BCUT2D eigenvalue weighted by Gasteiger charge is -2.39. The van der Waals surface area contributed by atoms with Gasteiger partial charge in [-0.15, -0.1) is 0 Å². The molecule has 1 fully saturated rings. The SMILES string of the molecule is CC(C1=CNC(O)c2ccccc21)N(CC1COC(C)(C)OC1)C(=O)Nc1ccc(F)cc1. The van der Waals surface area contributed by atoms with Crippen LogP contribution in [-0.4, -0.2) is 47.6 Å². The average Bonchev–Trinajstić information content (AvgIpc) is 2.80. The number of hydrogen-bond acceptors (Lipinski definition) is 5. The van der Waals surface area contributed by atoms with Gasteiger partial charge in [-0.1, -0.05) is 24.3 Å². The highest BCUT2D eigenvalue weighted by atomic mass is 19.1.